The maximum Gasteiger partial charge on any atom is 0.103 e. The number of hydrogen-bond donors (Lipinski definition) is 1. The minimum absolute atomic E-state index is 0.0677. The quantitative estimate of drug-likeness (QED) is 0.584. The van der Waals surface area contributed by atoms with Crippen LogP contribution in [-0.4, -0.2) is 37.1 Å². The lowest BCUT2D eigenvalue weighted by Crippen LogP contribution is -2.33. The van der Waals surface area contributed by atoms with Crippen molar-refractivity contribution in [3.8, 4) is 0 Å². The number of aliphatic hydroxyl groups is 1. The predicted molar refractivity (Wildman–Crippen MR) is 57.4 cm³/mol. The molecule has 0 heterocycles. The van der Waals surface area contributed by atoms with E-state index in [1.165, 1.54) is 0 Å². The summed E-state index contributed by atoms with van der Waals surface area (Å²) < 4.78 is 10.7. The van der Waals surface area contributed by atoms with Gasteiger partial charge in [-0.3, -0.25) is 0 Å². The summed E-state index contributed by atoms with van der Waals surface area (Å²) in [5.41, 5.74) is 0. The summed E-state index contributed by atoms with van der Waals surface area (Å²) in [7, 11) is 0. The van der Waals surface area contributed by atoms with E-state index in [4.69, 9.17) is 9.47 Å². The molecule has 0 aliphatic heterocycles. The third-order valence-corrected chi connectivity index (χ3v) is 2.02. The highest BCUT2D eigenvalue weighted by Gasteiger charge is 2.18. The van der Waals surface area contributed by atoms with E-state index in [0.29, 0.717) is 19.8 Å². The van der Waals surface area contributed by atoms with Crippen molar-refractivity contribution in [3.05, 3.63) is 0 Å². The zero-order valence-corrected chi connectivity index (χ0v) is 9.66. The lowest BCUT2D eigenvalue weighted by atomic mass is 10.1. The molecule has 0 aliphatic carbocycles. The van der Waals surface area contributed by atoms with Crippen LogP contribution in [0.3, 0.4) is 0 Å². The molecule has 2 unspecified atom stereocenters. The third-order valence-electron chi connectivity index (χ3n) is 2.02. The van der Waals surface area contributed by atoms with Crippen LogP contribution in [0.4, 0.5) is 0 Å². The highest BCUT2D eigenvalue weighted by molar-refractivity contribution is 4.68. The van der Waals surface area contributed by atoms with Crippen LogP contribution in [0.5, 0.6) is 0 Å². The molecule has 0 saturated carbocycles. The van der Waals surface area contributed by atoms with E-state index >= 15 is 0 Å². The summed E-state index contributed by atoms with van der Waals surface area (Å²) in [5.74, 6) is 0. The van der Waals surface area contributed by atoms with Gasteiger partial charge in [-0.1, -0.05) is 20.3 Å². The maximum atomic E-state index is 9.75. The second-order valence-electron chi connectivity index (χ2n) is 3.42. The van der Waals surface area contributed by atoms with Crippen LogP contribution in [0, 0.1) is 0 Å². The molecule has 0 rings (SSSR count). The first-order valence-electron chi connectivity index (χ1n) is 5.63. The first-order chi connectivity index (χ1) is 6.76. The minimum atomic E-state index is -0.485. The van der Waals surface area contributed by atoms with Crippen molar-refractivity contribution in [1.29, 1.82) is 0 Å². The van der Waals surface area contributed by atoms with Gasteiger partial charge in [0, 0.05) is 13.2 Å². The molecule has 0 amide bonds. The summed E-state index contributed by atoms with van der Waals surface area (Å²) in [5, 5.41) is 9.75. The third kappa shape index (κ3) is 6.35. The Hall–Kier alpha value is -0.120. The van der Waals surface area contributed by atoms with E-state index < -0.39 is 6.10 Å². The Kier molecular flexibility index (Phi) is 9.35. The molecule has 0 radical (unpaired) electrons. The SMILES string of the molecule is CCCOCC(O)C(CCC)OCC. The fraction of sp³-hybridized carbons (Fsp3) is 1.00. The molecule has 0 spiro atoms. The van der Waals surface area contributed by atoms with Crippen molar-refractivity contribution in [1.82, 2.24) is 0 Å². The molecule has 0 fully saturated rings. The molecule has 3 nitrogen and oxygen atoms in total. The Balaban J connectivity index is 3.69. The highest BCUT2D eigenvalue weighted by Crippen LogP contribution is 2.08. The van der Waals surface area contributed by atoms with Gasteiger partial charge in [0.25, 0.3) is 0 Å². The van der Waals surface area contributed by atoms with Crippen molar-refractivity contribution in [2.24, 2.45) is 0 Å². The molecule has 2 atom stereocenters. The van der Waals surface area contributed by atoms with E-state index in [1.54, 1.807) is 0 Å². The molecule has 1 N–H and O–H groups in total. The molecular formula is C11H24O3. The van der Waals surface area contributed by atoms with Crippen molar-refractivity contribution in [2.75, 3.05) is 19.8 Å². The van der Waals surface area contributed by atoms with Crippen molar-refractivity contribution in [2.45, 2.75) is 52.2 Å². The van der Waals surface area contributed by atoms with Gasteiger partial charge in [-0.25, -0.2) is 0 Å². The van der Waals surface area contributed by atoms with Gasteiger partial charge in [-0.05, 0) is 19.8 Å². The Bertz CT molecular complexity index is 111. The largest absolute Gasteiger partial charge is 0.388 e. The number of aliphatic hydroxyl groups excluding tert-OH is 1. The van der Waals surface area contributed by atoms with Gasteiger partial charge in [0.05, 0.1) is 12.7 Å². The van der Waals surface area contributed by atoms with Gasteiger partial charge in [0.15, 0.2) is 0 Å². The van der Waals surface area contributed by atoms with Crippen molar-refractivity contribution < 1.29 is 14.6 Å². The number of rotatable bonds is 9. The van der Waals surface area contributed by atoms with E-state index in [1.807, 2.05) is 6.92 Å². The molecule has 3 heteroatoms. The summed E-state index contributed by atoms with van der Waals surface area (Å²) in [6.07, 6.45) is 2.35. The summed E-state index contributed by atoms with van der Waals surface area (Å²) >= 11 is 0. The average Bonchev–Trinajstić information content (AvgIpc) is 2.18. The van der Waals surface area contributed by atoms with Gasteiger partial charge >= 0.3 is 0 Å². The van der Waals surface area contributed by atoms with Crippen LogP contribution in [-0.2, 0) is 9.47 Å². The molecule has 0 aromatic rings. The molecule has 0 aromatic carbocycles. The molecule has 0 aliphatic rings. The average molecular weight is 204 g/mol. The second-order valence-corrected chi connectivity index (χ2v) is 3.42. The van der Waals surface area contributed by atoms with E-state index in [9.17, 15) is 5.11 Å². The Morgan fingerprint density at radius 3 is 2.36 bits per heavy atom. The monoisotopic (exact) mass is 204 g/mol. The topological polar surface area (TPSA) is 38.7 Å². The molecule has 0 saturated heterocycles. The fourth-order valence-electron chi connectivity index (χ4n) is 1.34. The van der Waals surface area contributed by atoms with Crippen molar-refractivity contribution in [3.63, 3.8) is 0 Å². The molecule has 0 aromatic heterocycles. The zero-order valence-electron chi connectivity index (χ0n) is 9.66. The summed E-state index contributed by atoms with van der Waals surface area (Å²) in [6.45, 7) is 7.84. The highest BCUT2D eigenvalue weighted by atomic mass is 16.5. The van der Waals surface area contributed by atoms with Crippen LogP contribution >= 0.6 is 0 Å². The lowest BCUT2D eigenvalue weighted by Gasteiger charge is -2.22. The van der Waals surface area contributed by atoms with Crippen LogP contribution in [0.1, 0.15) is 40.0 Å². The van der Waals surface area contributed by atoms with Crippen molar-refractivity contribution >= 4 is 0 Å². The van der Waals surface area contributed by atoms with Crippen LogP contribution < -0.4 is 0 Å². The Labute approximate surface area is 87.4 Å². The first kappa shape index (κ1) is 13.9. The standard InChI is InChI=1S/C11H24O3/c1-4-7-11(14-6-3)10(12)9-13-8-5-2/h10-12H,4-9H2,1-3H3. The minimum Gasteiger partial charge on any atom is -0.388 e. The Morgan fingerprint density at radius 2 is 1.86 bits per heavy atom. The summed E-state index contributed by atoms with van der Waals surface area (Å²) in [6, 6.07) is 0. The molecule has 14 heavy (non-hydrogen) atoms. The van der Waals surface area contributed by atoms with Gasteiger partial charge in [0.2, 0.25) is 0 Å². The van der Waals surface area contributed by atoms with E-state index in [0.717, 1.165) is 19.3 Å². The Morgan fingerprint density at radius 1 is 1.14 bits per heavy atom. The van der Waals surface area contributed by atoms with E-state index in [-0.39, 0.29) is 6.10 Å². The van der Waals surface area contributed by atoms with Gasteiger partial charge in [-0.15, -0.1) is 0 Å². The van der Waals surface area contributed by atoms with Crippen LogP contribution in [0.2, 0.25) is 0 Å². The number of ether oxygens (including phenoxy) is 2. The van der Waals surface area contributed by atoms with Crippen LogP contribution in [0.25, 0.3) is 0 Å². The molecule has 86 valence electrons. The molecular weight excluding hydrogens is 180 g/mol. The zero-order chi connectivity index (χ0) is 10.8. The van der Waals surface area contributed by atoms with Gasteiger partial charge in [0.1, 0.15) is 6.10 Å². The first-order valence-corrected chi connectivity index (χ1v) is 5.63. The summed E-state index contributed by atoms with van der Waals surface area (Å²) in [4.78, 5) is 0. The van der Waals surface area contributed by atoms with Crippen LogP contribution in [0.15, 0.2) is 0 Å². The van der Waals surface area contributed by atoms with Gasteiger partial charge < -0.3 is 14.6 Å². The molecule has 0 bridgehead atoms. The normalized spacial score (nSPS) is 15.4. The smallest absolute Gasteiger partial charge is 0.103 e. The lowest BCUT2D eigenvalue weighted by molar-refractivity contribution is -0.0719. The van der Waals surface area contributed by atoms with Gasteiger partial charge in [-0.2, -0.15) is 0 Å². The predicted octanol–water partition coefficient (Wildman–Crippen LogP) is 1.98. The second kappa shape index (κ2) is 9.44. The number of hydrogen-bond acceptors (Lipinski definition) is 3. The fourth-order valence-corrected chi connectivity index (χ4v) is 1.34. The maximum absolute atomic E-state index is 9.75. The van der Waals surface area contributed by atoms with E-state index in [2.05, 4.69) is 13.8 Å².